The molecule has 0 saturated heterocycles. The normalized spacial score (nSPS) is 2.75. The molecule has 62 valence electrons. The van der Waals surface area contributed by atoms with Gasteiger partial charge in [-0.3, -0.25) is 0 Å². The summed E-state index contributed by atoms with van der Waals surface area (Å²) in [5.41, 5.74) is 0. The largest absolute Gasteiger partial charge is 0.693 e. The summed E-state index contributed by atoms with van der Waals surface area (Å²) in [6, 6.07) is 0. The summed E-state index contributed by atoms with van der Waals surface area (Å²) in [5.74, 6) is 0. The molecule has 0 spiro atoms. The van der Waals surface area contributed by atoms with E-state index in [0.717, 1.165) is 0 Å². The van der Waals surface area contributed by atoms with E-state index in [2.05, 4.69) is 0 Å². The van der Waals surface area contributed by atoms with Crippen LogP contribution >= 0.6 is 18.8 Å². The first-order chi connectivity index (χ1) is 1.41. The summed E-state index contributed by atoms with van der Waals surface area (Å²) in [6.45, 7) is 0. The molecule has 0 aromatic heterocycles. The Labute approximate surface area is 72.2 Å². The van der Waals surface area contributed by atoms with Crippen LogP contribution in [-0.2, 0) is 16.5 Å². The van der Waals surface area contributed by atoms with Crippen LogP contribution in [-0.4, -0.2) is 0 Å². The average Bonchev–Trinajstić information content (AvgIpc) is 0.918. The predicted octanol–water partition coefficient (Wildman–Crippen LogP) is 0.139. The molecule has 8 heteroatoms. The van der Waals surface area contributed by atoms with Gasteiger partial charge in [0.1, 0.15) is 0 Å². The van der Waals surface area contributed by atoms with Gasteiger partial charge >= 0.3 is 35.3 Å². The van der Waals surface area contributed by atoms with Crippen molar-refractivity contribution in [2.24, 2.45) is 0 Å². The van der Waals surface area contributed by atoms with E-state index in [1.807, 2.05) is 0 Å². The third-order valence-electron chi connectivity index (χ3n) is 0. The molecule has 0 aliphatic heterocycles. The summed E-state index contributed by atoms with van der Waals surface area (Å²) in [5, 5.41) is 0. The van der Waals surface area contributed by atoms with Gasteiger partial charge in [-0.05, 0) is 0 Å². The molecule has 0 heterocycles. The van der Waals surface area contributed by atoms with Crippen LogP contribution in [0, 0.1) is 0 Å². The third kappa shape index (κ3) is 155. The fraction of sp³-hybridized carbons (Fsp3) is 0. The van der Waals surface area contributed by atoms with E-state index in [1.165, 1.54) is 0 Å². The number of nitrogens with two attached hydrogens (primary N) is 2. The van der Waals surface area contributed by atoms with Gasteiger partial charge in [0, 0.05) is 0 Å². The van der Waals surface area contributed by atoms with Gasteiger partial charge in [0.2, 0.25) is 0 Å². The van der Waals surface area contributed by atoms with Crippen molar-refractivity contribution in [3.05, 3.63) is 12.3 Å². The maximum absolute atomic E-state index is 4.88. The Morgan fingerprint density at radius 1 is 0.875 bits per heavy atom. The zero-order chi connectivity index (χ0) is 2.71. The van der Waals surface area contributed by atoms with Gasteiger partial charge in [-0.15, -0.1) is 0 Å². The van der Waals surface area contributed by atoms with Crippen molar-refractivity contribution in [3.8, 4) is 0 Å². The molecule has 0 fully saturated rings. The third-order valence-corrected chi connectivity index (χ3v) is 0. The van der Waals surface area contributed by atoms with Crippen LogP contribution < -0.4 is 24.7 Å². The van der Waals surface area contributed by atoms with E-state index >= 15 is 0 Å². The maximum atomic E-state index is 4.88. The first kappa shape index (κ1) is 57.4. The van der Waals surface area contributed by atoms with Crippen LogP contribution in [0.4, 0.5) is 0 Å². The molecule has 0 radical (unpaired) electrons. The van der Waals surface area contributed by atoms with Crippen LogP contribution in [0.3, 0.4) is 0 Å². The van der Waals surface area contributed by atoms with Gasteiger partial charge in [-0.25, -0.2) is 0 Å². The van der Waals surface area contributed by atoms with Gasteiger partial charge in [0.25, 0.3) is 0 Å². The standard InChI is InChI=1S/3ClH.2H3N.2H2N.Pt/h3*1H;2*1H3;2*1H2;/q;;;;;2*-1;+4/p-3. The summed E-state index contributed by atoms with van der Waals surface area (Å²) in [4.78, 5) is 0. The van der Waals surface area contributed by atoms with Crippen molar-refractivity contribution in [1.82, 2.24) is 12.3 Å². The molecule has 10 N–H and O–H groups in total. The number of hydrogen-bond donors (Lipinski definition) is 2. The Kier molecular flexibility index (Phi) is 573. The summed E-state index contributed by atoms with van der Waals surface area (Å²) < 4.78 is 0. The molecule has 0 unspecified atom stereocenters. The second-order valence-corrected chi connectivity index (χ2v) is 3.33. The molecule has 0 amide bonds. The van der Waals surface area contributed by atoms with Gasteiger partial charge in [-0.2, -0.15) is 0 Å². The fourth-order valence-corrected chi connectivity index (χ4v) is 0. The van der Waals surface area contributed by atoms with Crippen LogP contribution in [0.25, 0.3) is 12.3 Å². The summed E-state index contributed by atoms with van der Waals surface area (Å²) >= 11 is -0.472. The number of rotatable bonds is 0. The maximum Gasteiger partial charge on any atom is -0.693 e. The van der Waals surface area contributed by atoms with E-state index in [4.69, 9.17) is 18.8 Å². The van der Waals surface area contributed by atoms with Gasteiger partial charge < -0.3 is 37.0 Å². The zero-order valence-corrected chi connectivity index (χ0v) is 8.56. The molecule has 0 aliphatic carbocycles. The van der Waals surface area contributed by atoms with Gasteiger partial charge in [0.15, 0.2) is 0 Å². The zero-order valence-electron chi connectivity index (χ0n) is 4.02. The molecule has 0 aliphatic rings. The minimum absolute atomic E-state index is 0. The Morgan fingerprint density at radius 3 is 0.875 bits per heavy atom. The quantitative estimate of drug-likeness (QED) is 0.629. The topological polar surface area (TPSA) is 137 Å². The Balaban J connectivity index is -0.00000000200. The Morgan fingerprint density at radius 2 is 0.875 bits per heavy atom. The minimum Gasteiger partial charge on any atom is -0.693 e. The van der Waals surface area contributed by atoms with Gasteiger partial charge in [0.05, 0.1) is 0 Å². The van der Waals surface area contributed by atoms with Crippen LogP contribution in [0.15, 0.2) is 0 Å². The molecule has 0 aromatic carbocycles. The van der Waals surface area contributed by atoms with E-state index in [-0.39, 0.29) is 37.0 Å². The summed E-state index contributed by atoms with van der Waals surface area (Å²) in [7, 11) is 9.75. The van der Waals surface area contributed by atoms with Crippen molar-refractivity contribution in [1.29, 1.82) is 0 Å². The number of hydrogen-bond acceptors (Lipinski definition) is 2. The van der Waals surface area contributed by atoms with Crippen LogP contribution in [0.1, 0.15) is 0 Å². The predicted molar refractivity (Wildman–Crippen MR) is 32.3 cm³/mol. The Bertz CT molecular complexity index is 11.2. The smallest absolute Gasteiger partial charge is 0.693 e. The first-order valence-electron chi connectivity index (χ1n) is 0.239. The first-order valence-corrected chi connectivity index (χ1v) is 5.87. The average molecular weight is 368 g/mol. The van der Waals surface area contributed by atoms with E-state index in [9.17, 15) is 0 Å². The van der Waals surface area contributed by atoms with E-state index in [0.29, 0.717) is 0 Å². The van der Waals surface area contributed by atoms with Crippen molar-refractivity contribution in [3.63, 3.8) is 0 Å². The van der Waals surface area contributed by atoms with Crippen LogP contribution in [0.2, 0.25) is 0 Å². The molecule has 0 bridgehead atoms. The van der Waals surface area contributed by atoms with Crippen molar-refractivity contribution in [2.45, 2.75) is 0 Å². The second kappa shape index (κ2) is 79.9. The van der Waals surface area contributed by atoms with E-state index < -0.39 is 16.5 Å². The van der Waals surface area contributed by atoms with E-state index in [1.54, 1.807) is 0 Å². The molecular formula is H10Cl3N4Pt-. The second-order valence-electron chi connectivity index (χ2n) is 0.0452. The SMILES string of the molecule is N.N.[Cl-].[Cl][Pt+2][Cl].[NH2-].[NH2-]. The van der Waals surface area contributed by atoms with Crippen LogP contribution in [0.5, 0.6) is 0 Å². The van der Waals surface area contributed by atoms with Crippen molar-refractivity contribution in [2.75, 3.05) is 0 Å². The molecule has 0 aromatic rings. The molecular weight excluding hydrogens is 357 g/mol. The van der Waals surface area contributed by atoms with Crippen molar-refractivity contribution >= 4 is 18.8 Å². The monoisotopic (exact) mass is 366 g/mol. The molecule has 0 rings (SSSR count). The Hall–Kier alpha value is 1.40. The molecule has 4 nitrogen and oxygen atoms in total. The van der Waals surface area contributed by atoms with Gasteiger partial charge in [-0.1, -0.05) is 0 Å². The number of halogens is 3. The minimum atomic E-state index is -0.472. The molecule has 0 saturated carbocycles. The molecule has 8 heavy (non-hydrogen) atoms. The molecule has 0 atom stereocenters. The van der Waals surface area contributed by atoms with Crippen molar-refractivity contribution < 1.29 is 28.9 Å². The summed E-state index contributed by atoms with van der Waals surface area (Å²) in [6.07, 6.45) is 0. The fourth-order valence-electron chi connectivity index (χ4n) is 0.